The number of nitrogens with zero attached hydrogens (tertiary/aromatic N) is 3. The van der Waals surface area contributed by atoms with Gasteiger partial charge in [0.1, 0.15) is 0 Å². The largest absolute Gasteiger partial charge is 0.478 e. The minimum absolute atomic E-state index is 0.514. The highest BCUT2D eigenvalue weighted by molar-refractivity contribution is 5.27. The van der Waals surface area contributed by atoms with Crippen molar-refractivity contribution >= 4 is 5.95 Å². The second-order valence-electron chi connectivity index (χ2n) is 4.98. The van der Waals surface area contributed by atoms with E-state index in [1.54, 1.807) is 12.3 Å². The lowest BCUT2D eigenvalue weighted by Crippen LogP contribution is -2.41. The maximum absolute atomic E-state index is 5.37. The van der Waals surface area contributed by atoms with Crippen molar-refractivity contribution in [3.05, 3.63) is 12.3 Å². The zero-order valence-electron chi connectivity index (χ0n) is 11.9. The van der Waals surface area contributed by atoms with Gasteiger partial charge in [0.25, 0.3) is 0 Å². The Hall–Kier alpha value is -1.36. The van der Waals surface area contributed by atoms with Crippen LogP contribution in [0.5, 0.6) is 5.88 Å². The summed E-state index contributed by atoms with van der Waals surface area (Å²) in [6.45, 7) is 8.12. The Bertz CT molecular complexity index is 379. The summed E-state index contributed by atoms with van der Waals surface area (Å²) in [4.78, 5) is 11.1. The van der Waals surface area contributed by atoms with Crippen molar-refractivity contribution in [1.29, 1.82) is 0 Å². The predicted molar refractivity (Wildman–Crippen MR) is 76.6 cm³/mol. The van der Waals surface area contributed by atoms with E-state index >= 15 is 0 Å². The number of rotatable bonds is 6. The van der Waals surface area contributed by atoms with Crippen LogP contribution < -0.4 is 10.1 Å². The van der Waals surface area contributed by atoms with Crippen LogP contribution in [0.2, 0.25) is 0 Å². The highest BCUT2D eigenvalue weighted by Crippen LogP contribution is 2.13. The highest BCUT2D eigenvalue weighted by atomic mass is 16.5. The Labute approximate surface area is 115 Å². The molecule has 5 heteroatoms. The van der Waals surface area contributed by atoms with E-state index in [4.69, 9.17) is 4.74 Å². The first-order valence-corrected chi connectivity index (χ1v) is 7.23. The van der Waals surface area contributed by atoms with Gasteiger partial charge in [0.15, 0.2) is 0 Å². The van der Waals surface area contributed by atoms with E-state index in [-0.39, 0.29) is 0 Å². The summed E-state index contributed by atoms with van der Waals surface area (Å²) in [5.41, 5.74) is 0. The van der Waals surface area contributed by atoms with Crippen molar-refractivity contribution in [3.63, 3.8) is 0 Å². The summed E-state index contributed by atoms with van der Waals surface area (Å²) < 4.78 is 5.37. The van der Waals surface area contributed by atoms with Crippen LogP contribution in [0.1, 0.15) is 33.1 Å². The third-order valence-corrected chi connectivity index (χ3v) is 3.49. The van der Waals surface area contributed by atoms with E-state index < -0.39 is 0 Å². The number of hydrogen-bond donors (Lipinski definition) is 1. The molecule has 2 heterocycles. The minimum atomic E-state index is 0.514. The third kappa shape index (κ3) is 4.35. The Kier molecular flexibility index (Phi) is 5.39. The number of hydrogen-bond acceptors (Lipinski definition) is 5. The van der Waals surface area contributed by atoms with Crippen molar-refractivity contribution in [1.82, 2.24) is 14.9 Å². The van der Waals surface area contributed by atoms with Crippen molar-refractivity contribution in [3.8, 4) is 5.88 Å². The van der Waals surface area contributed by atoms with Crippen molar-refractivity contribution in [2.45, 2.75) is 39.2 Å². The molecule has 1 aliphatic rings. The van der Waals surface area contributed by atoms with Gasteiger partial charge in [-0.3, -0.25) is 4.90 Å². The molecule has 1 saturated heterocycles. The van der Waals surface area contributed by atoms with Gasteiger partial charge in [-0.1, -0.05) is 6.42 Å². The Balaban J connectivity index is 1.82. The van der Waals surface area contributed by atoms with E-state index in [9.17, 15) is 0 Å². The molecule has 0 aliphatic carbocycles. The fourth-order valence-corrected chi connectivity index (χ4v) is 2.38. The number of aromatic nitrogens is 2. The minimum Gasteiger partial charge on any atom is -0.478 e. The van der Waals surface area contributed by atoms with Gasteiger partial charge in [0, 0.05) is 24.8 Å². The molecule has 106 valence electrons. The molecule has 0 amide bonds. The summed E-state index contributed by atoms with van der Waals surface area (Å²) in [6.07, 6.45) is 5.74. The van der Waals surface area contributed by atoms with Gasteiger partial charge in [0.2, 0.25) is 11.8 Å². The topological polar surface area (TPSA) is 50.3 Å². The molecule has 1 aromatic rings. The van der Waals surface area contributed by atoms with E-state index in [2.05, 4.69) is 27.1 Å². The van der Waals surface area contributed by atoms with Crippen LogP contribution in [0.4, 0.5) is 5.95 Å². The predicted octanol–water partition coefficient (Wildman–Crippen LogP) is 2.16. The third-order valence-electron chi connectivity index (χ3n) is 3.49. The molecule has 0 bridgehead atoms. The lowest BCUT2D eigenvalue weighted by molar-refractivity contribution is 0.180. The van der Waals surface area contributed by atoms with Crippen molar-refractivity contribution < 1.29 is 4.74 Å². The molecule has 1 fully saturated rings. The SMILES string of the molecule is CCOc1ccnc(NCC(C)N2CCCCC2)n1. The van der Waals surface area contributed by atoms with E-state index in [1.807, 2.05) is 6.92 Å². The Morgan fingerprint density at radius 3 is 2.89 bits per heavy atom. The van der Waals surface area contributed by atoms with Crippen LogP contribution >= 0.6 is 0 Å². The molecule has 1 unspecified atom stereocenters. The van der Waals surface area contributed by atoms with Crippen LogP contribution in [-0.2, 0) is 0 Å². The standard InChI is InChI=1S/C14H24N4O/c1-3-19-13-7-8-15-14(17-13)16-11-12(2)18-9-5-4-6-10-18/h7-8,12H,3-6,9-11H2,1-2H3,(H,15,16,17). The summed E-state index contributed by atoms with van der Waals surface area (Å²) in [5, 5.41) is 3.30. The van der Waals surface area contributed by atoms with Crippen LogP contribution in [0.25, 0.3) is 0 Å². The molecule has 0 radical (unpaired) electrons. The first-order valence-electron chi connectivity index (χ1n) is 7.23. The zero-order valence-corrected chi connectivity index (χ0v) is 11.9. The number of piperidine rings is 1. The fourth-order valence-electron chi connectivity index (χ4n) is 2.38. The molecular formula is C14H24N4O. The van der Waals surface area contributed by atoms with E-state index in [1.165, 1.54) is 32.4 Å². The molecule has 1 atom stereocenters. The number of nitrogens with one attached hydrogen (secondary N) is 1. The Morgan fingerprint density at radius 1 is 1.37 bits per heavy atom. The monoisotopic (exact) mass is 264 g/mol. The van der Waals surface area contributed by atoms with Crippen molar-refractivity contribution in [2.75, 3.05) is 31.6 Å². The molecule has 19 heavy (non-hydrogen) atoms. The average Bonchev–Trinajstić information content (AvgIpc) is 2.46. The van der Waals surface area contributed by atoms with Crippen LogP contribution in [-0.4, -0.2) is 47.2 Å². The van der Waals surface area contributed by atoms with Gasteiger partial charge in [0.05, 0.1) is 6.61 Å². The Morgan fingerprint density at radius 2 is 2.16 bits per heavy atom. The lowest BCUT2D eigenvalue weighted by Gasteiger charge is -2.32. The van der Waals surface area contributed by atoms with Crippen LogP contribution in [0.3, 0.4) is 0 Å². The van der Waals surface area contributed by atoms with Crippen LogP contribution in [0, 0.1) is 0 Å². The lowest BCUT2D eigenvalue weighted by atomic mass is 10.1. The number of likely N-dealkylation sites (tertiary alicyclic amines) is 1. The maximum atomic E-state index is 5.37. The fraction of sp³-hybridized carbons (Fsp3) is 0.714. The summed E-state index contributed by atoms with van der Waals surface area (Å²) in [6, 6.07) is 2.29. The van der Waals surface area contributed by atoms with Crippen LogP contribution in [0.15, 0.2) is 12.3 Å². The number of ether oxygens (including phenoxy) is 1. The molecule has 1 aliphatic heterocycles. The summed E-state index contributed by atoms with van der Waals surface area (Å²) >= 11 is 0. The van der Waals surface area contributed by atoms with Gasteiger partial charge < -0.3 is 10.1 Å². The molecular weight excluding hydrogens is 240 g/mol. The first-order chi connectivity index (χ1) is 9.29. The smallest absolute Gasteiger partial charge is 0.225 e. The average molecular weight is 264 g/mol. The van der Waals surface area contributed by atoms with Crippen molar-refractivity contribution in [2.24, 2.45) is 0 Å². The van der Waals surface area contributed by atoms with Gasteiger partial charge in [-0.25, -0.2) is 4.98 Å². The second kappa shape index (κ2) is 7.28. The summed E-state index contributed by atoms with van der Waals surface area (Å²) in [7, 11) is 0. The molecule has 2 rings (SSSR count). The van der Waals surface area contributed by atoms with Gasteiger partial charge in [-0.15, -0.1) is 0 Å². The molecule has 1 N–H and O–H groups in total. The second-order valence-corrected chi connectivity index (χ2v) is 4.98. The zero-order chi connectivity index (χ0) is 13.5. The quantitative estimate of drug-likeness (QED) is 0.853. The molecule has 5 nitrogen and oxygen atoms in total. The molecule has 0 aromatic carbocycles. The number of anilines is 1. The summed E-state index contributed by atoms with van der Waals surface area (Å²) in [5.74, 6) is 1.28. The maximum Gasteiger partial charge on any atom is 0.225 e. The van der Waals surface area contributed by atoms with E-state index in [0.717, 1.165) is 6.54 Å². The van der Waals surface area contributed by atoms with Gasteiger partial charge in [-0.05, 0) is 39.8 Å². The normalized spacial score (nSPS) is 18.0. The first kappa shape index (κ1) is 14.1. The van der Waals surface area contributed by atoms with Gasteiger partial charge in [-0.2, -0.15) is 4.98 Å². The molecule has 0 saturated carbocycles. The van der Waals surface area contributed by atoms with Gasteiger partial charge >= 0.3 is 0 Å². The van der Waals surface area contributed by atoms with E-state index in [0.29, 0.717) is 24.5 Å². The molecule has 1 aromatic heterocycles. The highest BCUT2D eigenvalue weighted by Gasteiger charge is 2.16. The molecule has 0 spiro atoms.